The van der Waals surface area contributed by atoms with Crippen LogP contribution in [0.2, 0.25) is 0 Å². The van der Waals surface area contributed by atoms with Crippen LogP contribution in [0.25, 0.3) is 0 Å². The van der Waals surface area contributed by atoms with Gasteiger partial charge in [0, 0.05) is 20.2 Å². The first-order valence-corrected chi connectivity index (χ1v) is 7.26. The van der Waals surface area contributed by atoms with Gasteiger partial charge < -0.3 is 15.2 Å². The van der Waals surface area contributed by atoms with Crippen molar-refractivity contribution in [1.29, 1.82) is 0 Å². The Morgan fingerprint density at radius 2 is 2.26 bits per heavy atom. The summed E-state index contributed by atoms with van der Waals surface area (Å²) in [5.74, 6) is 0.518. The number of nitrogens with one attached hydrogen (secondary N) is 1. The van der Waals surface area contributed by atoms with E-state index in [4.69, 9.17) is 4.74 Å². The summed E-state index contributed by atoms with van der Waals surface area (Å²) in [5.41, 5.74) is 2.92. The zero-order chi connectivity index (χ0) is 13.5. The Morgan fingerprint density at radius 3 is 3.11 bits per heavy atom. The van der Waals surface area contributed by atoms with E-state index in [-0.39, 0.29) is 6.10 Å². The second-order valence-corrected chi connectivity index (χ2v) is 5.37. The molecule has 0 radical (unpaired) electrons. The predicted molar refractivity (Wildman–Crippen MR) is 77.5 cm³/mol. The van der Waals surface area contributed by atoms with Crippen LogP contribution in [0.3, 0.4) is 0 Å². The summed E-state index contributed by atoms with van der Waals surface area (Å²) in [6, 6.07) is 8.68. The van der Waals surface area contributed by atoms with Crippen molar-refractivity contribution in [3.8, 4) is 0 Å². The average molecular weight is 263 g/mol. The topological polar surface area (TPSA) is 41.5 Å². The number of fused-ring (bicyclic) bond motifs is 1. The van der Waals surface area contributed by atoms with E-state index in [2.05, 4.69) is 29.6 Å². The van der Waals surface area contributed by atoms with E-state index in [1.165, 1.54) is 30.4 Å². The number of rotatable bonds is 7. The minimum atomic E-state index is -0.270. The van der Waals surface area contributed by atoms with Crippen LogP contribution in [0.1, 0.15) is 36.3 Å². The smallest absolute Gasteiger partial charge is 0.0670 e. The molecule has 0 aliphatic heterocycles. The lowest BCUT2D eigenvalue weighted by Crippen LogP contribution is -2.31. The Balaban J connectivity index is 1.83. The molecule has 0 heterocycles. The highest BCUT2D eigenvalue weighted by molar-refractivity contribution is 5.32. The molecule has 1 aromatic carbocycles. The first-order chi connectivity index (χ1) is 9.31. The van der Waals surface area contributed by atoms with Crippen molar-refractivity contribution in [2.45, 2.75) is 37.7 Å². The maximum absolute atomic E-state index is 10.1. The van der Waals surface area contributed by atoms with Crippen LogP contribution in [0.5, 0.6) is 0 Å². The molecule has 0 fully saturated rings. The van der Waals surface area contributed by atoms with Gasteiger partial charge in [-0.2, -0.15) is 0 Å². The van der Waals surface area contributed by atoms with Crippen LogP contribution in [-0.2, 0) is 11.2 Å². The second kappa shape index (κ2) is 7.63. The Bertz CT molecular complexity index is 381. The van der Waals surface area contributed by atoms with Crippen LogP contribution in [-0.4, -0.2) is 38.0 Å². The third-order valence-electron chi connectivity index (χ3n) is 3.91. The normalized spacial score (nSPS) is 20.0. The third-order valence-corrected chi connectivity index (χ3v) is 3.91. The largest absolute Gasteiger partial charge is 0.392 e. The van der Waals surface area contributed by atoms with Gasteiger partial charge >= 0.3 is 0 Å². The van der Waals surface area contributed by atoms with E-state index in [0.717, 1.165) is 13.0 Å². The van der Waals surface area contributed by atoms with Gasteiger partial charge in [0.05, 0.1) is 12.7 Å². The molecule has 3 nitrogen and oxygen atoms in total. The van der Waals surface area contributed by atoms with Crippen LogP contribution in [0, 0.1) is 0 Å². The number of methoxy groups -OCH3 is 1. The van der Waals surface area contributed by atoms with E-state index >= 15 is 0 Å². The molecule has 106 valence electrons. The summed E-state index contributed by atoms with van der Waals surface area (Å²) in [6.07, 6.45) is 4.22. The molecule has 3 heteroatoms. The molecule has 2 unspecified atom stereocenters. The quantitative estimate of drug-likeness (QED) is 0.740. The zero-order valence-electron chi connectivity index (χ0n) is 11.8. The number of hydrogen-bond acceptors (Lipinski definition) is 3. The van der Waals surface area contributed by atoms with Crippen LogP contribution < -0.4 is 5.32 Å². The molecular formula is C16H25NO2. The maximum Gasteiger partial charge on any atom is 0.0670 e. The van der Waals surface area contributed by atoms with E-state index < -0.39 is 0 Å². The number of hydrogen-bond donors (Lipinski definition) is 2. The van der Waals surface area contributed by atoms with Gasteiger partial charge in [-0.05, 0) is 42.7 Å². The Labute approximate surface area is 116 Å². The van der Waals surface area contributed by atoms with Gasteiger partial charge in [-0.25, -0.2) is 0 Å². The van der Waals surface area contributed by atoms with Gasteiger partial charge in [0.2, 0.25) is 0 Å². The lowest BCUT2D eigenvalue weighted by molar-refractivity contribution is 0.142. The Hall–Kier alpha value is -0.900. The van der Waals surface area contributed by atoms with Crippen molar-refractivity contribution in [1.82, 2.24) is 5.32 Å². The fourth-order valence-corrected chi connectivity index (χ4v) is 2.95. The highest BCUT2D eigenvalue weighted by Crippen LogP contribution is 2.34. The van der Waals surface area contributed by atoms with E-state index in [1.807, 2.05) is 0 Å². The van der Waals surface area contributed by atoms with E-state index in [9.17, 15) is 5.11 Å². The number of aryl methyl sites for hydroxylation is 1. The third kappa shape index (κ3) is 4.30. The summed E-state index contributed by atoms with van der Waals surface area (Å²) >= 11 is 0. The first kappa shape index (κ1) is 14.5. The van der Waals surface area contributed by atoms with Crippen molar-refractivity contribution in [2.24, 2.45) is 0 Å². The van der Waals surface area contributed by atoms with Crippen molar-refractivity contribution >= 4 is 0 Å². The summed E-state index contributed by atoms with van der Waals surface area (Å²) < 4.78 is 4.98. The maximum atomic E-state index is 10.1. The molecule has 0 spiro atoms. The number of benzene rings is 1. The molecule has 0 aromatic heterocycles. The zero-order valence-corrected chi connectivity index (χ0v) is 11.8. The van der Waals surface area contributed by atoms with Crippen molar-refractivity contribution in [2.75, 3.05) is 26.8 Å². The highest BCUT2D eigenvalue weighted by Gasteiger charge is 2.22. The van der Waals surface area contributed by atoms with Crippen LogP contribution >= 0.6 is 0 Å². The summed E-state index contributed by atoms with van der Waals surface area (Å²) in [7, 11) is 1.69. The van der Waals surface area contributed by atoms with E-state index in [1.54, 1.807) is 7.11 Å². The molecule has 19 heavy (non-hydrogen) atoms. The summed E-state index contributed by atoms with van der Waals surface area (Å²) in [4.78, 5) is 0. The first-order valence-electron chi connectivity index (χ1n) is 7.26. The van der Waals surface area contributed by atoms with Crippen molar-refractivity contribution in [3.63, 3.8) is 0 Å². The second-order valence-electron chi connectivity index (χ2n) is 5.37. The number of ether oxygens (including phenoxy) is 1. The van der Waals surface area contributed by atoms with Crippen molar-refractivity contribution < 1.29 is 9.84 Å². The molecule has 0 saturated carbocycles. The monoisotopic (exact) mass is 263 g/mol. The predicted octanol–water partition coefficient (Wildman–Crippen LogP) is 2.09. The molecule has 0 amide bonds. The molecule has 2 N–H and O–H groups in total. The summed E-state index contributed by atoms with van der Waals surface area (Å²) in [5, 5.41) is 13.3. The number of aliphatic hydroxyl groups excluding tert-OH is 1. The summed E-state index contributed by atoms with van der Waals surface area (Å²) in [6.45, 7) is 2.15. The van der Waals surface area contributed by atoms with Crippen LogP contribution in [0.4, 0.5) is 0 Å². The standard InChI is InChI=1S/C16H25NO2/c1-19-10-9-17-12-15(18)11-14-7-4-6-13-5-2-3-8-16(13)14/h2-3,5,8,14-15,17-18H,4,6-7,9-12H2,1H3. The molecule has 1 aliphatic rings. The van der Waals surface area contributed by atoms with Gasteiger partial charge in [-0.3, -0.25) is 0 Å². The van der Waals surface area contributed by atoms with Crippen LogP contribution in [0.15, 0.2) is 24.3 Å². The minimum absolute atomic E-state index is 0.270. The molecule has 0 saturated heterocycles. The molecule has 1 aromatic rings. The van der Waals surface area contributed by atoms with Crippen molar-refractivity contribution in [3.05, 3.63) is 35.4 Å². The minimum Gasteiger partial charge on any atom is -0.392 e. The molecular weight excluding hydrogens is 238 g/mol. The fraction of sp³-hybridized carbons (Fsp3) is 0.625. The highest BCUT2D eigenvalue weighted by atomic mass is 16.5. The fourth-order valence-electron chi connectivity index (χ4n) is 2.95. The lowest BCUT2D eigenvalue weighted by Gasteiger charge is -2.27. The van der Waals surface area contributed by atoms with Gasteiger partial charge in [0.25, 0.3) is 0 Å². The molecule has 2 atom stereocenters. The van der Waals surface area contributed by atoms with Gasteiger partial charge in [-0.1, -0.05) is 24.3 Å². The molecule has 0 bridgehead atoms. The average Bonchev–Trinajstić information content (AvgIpc) is 2.44. The number of aliphatic hydroxyl groups is 1. The van der Waals surface area contributed by atoms with Gasteiger partial charge in [-0.15, -0.1) is 0 Å². The van der Waals surface area contributed by atoms with Gasteiger partial charge in [0.1, 0.15) is 0 Å². The lowest BCUT2D eigenvalue weighted by atomic mass is 9.80. The molecule has 2 rings (SSSR count). The van der Waals surface area contributed by atoms with Gasteiger partial charge in [0.15, 0.2) is 0 Å². The Morgan fingerprint density at radius 1 is 1.42 bits per heavy atom. The van der Waals surface area contributed by atoms with E-state index in [0.29, 0.717) is 19.1 Å². The SMILES string of the molecule is COCCNCC(O)CC1CCCc2ccccc21. The molecule has 1 aliphatic carbocycles. The Kier molecular flexibility index (Phi) is 5.83.